The summed E-state index contributed by atoms with van der Waals surface area (Å²) < 4.78 is 11.2. The van der Waals surface area contributed by atoms with Crippen molar-refractivity contribution in [1.82, 2.24) is 10.6 Å². The van der Waals surface area contributed by atoms with Crippen LogP contribution in [-0.2, 0) is 14.3 Å². The Labute approximate surface area is 103 Å². The average molecular weight is 244 g/mol. The summed E-state index contributed by atoms with van der Waals surface area (Å²) in [6.07, 6.45) is 0.0191. The van der Waals surface area contributed by atoms with Crippen LogP contribution in [0.15, 0.2) is 0 Å². The van der Waals surface area contributed by atoms with Gasteiger partial charge in [-0.25, -0.2) is 0 Å². The van der Waals surface area contributed by atoms with Gasteiger partial charge in [0.2, 0.25) is 5.91 Å². The second kappa shape index (κ2) is 6.33. The Morgan fingerprint density at radius 1 is 1.59 bits per heavy atom. The molecule has 5 nitrogen and oxygen atoms in total. The SMILES string of the molecule is CC(C)NC(=O)COCC1CNCC(C)(C)O1. The number of carbonyl (C=O) groups is 1. The van der Waals surface area contributed by atoms with Crippen molar-refractivity contribution in [2.75, 3.05) is 26.3 Å². The lowest BCUT2D eigenvalue weighted by molar-refractivity contribution is -0.135. The van der Waals surface area contributed by atoms with Gasteiger partial charge in [0.15, 0.2) is 0 Å². The molecule has 1 amide bonds. The Morgan fingerprint density at radius 2 is 2.29 bits per heavy atom. The van der Waals surface area contributed by atoms with Gasteiger partial charge in [-0.2, -0.15) is 0 Å². The quantitative estimate of drug-likeness (QED) is 0.730. The van der Waals surface area contributed by atoms with Gasteiger partial charge in [-0.1, -0.05) is 0 Å². The van der Waals surface area contributed by atoms with E-state index in [-0.39, 0.29) is 30.3 Å². The van der Waals surface area contributed by atoms with Crippen molar-refractivity contribution in [2.45, 2.75) is 45.4 Å². The van der Waals surface area contributed by atoms with E-state index in [1.165, 1.54) is 0 Å². The van der Waals surface area contributed by atoms with Crippen molar-refractivity contribution in [2.24, 2.45) is 0 Å². The van der Waals surface area contributed by atoms with E-state index in [2.05, 4.69) is 10.6 Å². The lowest BCUT2D eigenvalue weighted by atomic mass is 10.1. The molecule has 1 fully saturated rings. The van der Waals surface area contributed by atoms with Crippen molar-refractivity contribution < 1.29 is 14.3 Å². The number of nitrogens with one attached hydrogen (secondary N) is 2. The minimum Gasteiger partial charge on any atom is -0.369 e. The second-order valence-electron chi connectivity index (χ2n) is 5.37. The van der Waals surface area contributed by atoms with Crippen LogP contribution in [0.1, 0.15) is 27.7 Å². The van der Waals surface area contributed by atoms with Crippen LogP contribution in [0.25, 0.3) is 0 Å². The highest BCUT2D eigenvalue weighted by molar-refractivity contribution is 5.77. The van der Waals surface area contributed by atoms with Crippen LogP contribution in [0, 0.1) is 0 Å². The molecule has 0 radical (unpaired) electrons. The molecule has 0 aromatic heterocycles. The van der Waals surface area contributed by atoms with Crippen LogP contribution in [0.4, 0.5) is 0 Å². The summed E-state index contributed by atoms with van der Waals surface area (Å²) >= 11 is 0. The van der Waals surface area contributed by atoms with Gasteiger partial charge in [-0.05, 0) is 27.7 Å². The molecular formula is C12H24N2O3. The van der Waals surface area contributed by atoms with Crippen molar-refractivity contribution in [3.8, 4) is 0 Å². The van der Waals surface area contributed by atoms with Crippen LogP contribution in [0.5, 0.6) is 0 Å². The molecule has 1 aliphatic heterocycles. The van der Waals surface area contributed by atoms with E-state index in [0.29, 0.717) is 6.61 Å². The maximum atomic E-state index is 11.3. The lowest BCUT2D eigenvalue weighted by Crippen LogP contribution is -2.52. The summed E-state index contributed by atoms with van der Waals surface area (Å²) in [6, 6.07) is 0.151. The van der Waals surface area contributed by atoms with Gasteiger partial charge in [0.05, 0.1) is 18.3 Å². The molecule has 0 aromatic carbocycles. The number of amides is 1. The van der Waals surface area contributed by atoms with Gasteiger partial charge in [0.1, 0.15) is 6.61 Å². The van der Waals surface area contributed by atoms with E-state index >= 15 is 0 Å². The van der Waals surface area contributed by atoms with E-state index in [1.54, 1.807) is 0 Å². The summed E-state index contributed by atoms with van der Waals surface area (Å²) in [5.74, 6) is -0.0805. The molecule has 0 aromatic rings. The molecule has 100 valence electrons. The maximum absolute atomic E-state index is 11.3. The Balaban J connectivity index is 2.16. The third-order valence-electron chi connectivity index (χ3n) is 2.39. The second-order valence-corrected chi connectivity index (χ2v) is 5.37. The van der Waals surface area contributed by atoms with Gasteiger partial charge in [0.25, 0.3) is 0 Å². The Bertz CT molecular complexity index is 254. The molecule has 1 atom stereocenters. The van der Waals surface area contributed by atoms with Crippen LogP contribution < -0.4 is 10.6 Å². The van der Waals surface area contributed by atoms with Gasteiger partial charge < -0.3 is 20.1 Å². The summed E-state index contributed by atoms with van der Waals surface area (Å²) in [5, 5.41) is 6.07. The van der Waals surface area contributed by atoms with Crippen LogP contribution >= 0.6 is 0 Å². The first-order valence-corrected chi connectivity index (χ1v) is 6.15. The first-order chi connectivity index (χ1) is 7.89. The first-order valence-electron chi connectivity index (χ1n) is 6.15. The normalized spacial score (nSPS) is 23.7. The Morgan fingerprint density at radius 3 is 2.88 bits per heavy atom. The molecule has 0 aliphatic carbocycles. The molecule has 0 bridgehead atoms. The van der Waals surface area contributed by atoms with Crippen LogP contribution in [-0.4, -0.2) is 50.0 Å². The van der Waals surface area contributed by atoms with Crippen molar-refractivity contribution in [3.63, 3.8) is 0 Å². The molecule has 1 aliphatic rings. The molecule has 1 unspecified atom stereocenters. The smallest absolute Gasteiger partial charge is 0.246 e. The molecule has 2 N–H and O–H groups in total. The zero-order chi connectivity index (χ0) is 12.9. The minimum atomic E-state index is -0.160. The van der Waals surface area contributed by atoms with Crippen molar-refractivity contribution in [1.29, 1.82) is 0 Å². The molecule has 1 heterocycles. The van der Waals surface area contributed by atoms with Crippen molar-refractivity contribution in [3.05, 3.63) is 0 Å². The fraction of sp³-hybridized carbons (Fsp3) is 0.917. The van der Waals surface area contributed by atoms with Crippen molar-refractivity contribution >= 4 is 5.91 Å². The summed E-state index contributed by atoms with van der Waals surface area (Å²) in [5.41, 5.74) is -0.160. The molecule has 1 rings (SSSR count). The van der Waals surface area contributed by atoms with Gasteiger partial charge >= 0.3 is 0 Å². The third-order valence-corrected chi connectivity index (χ3v) is 2.39. The molecule has 0 saturated carbocycles. The van der Waals surface area contributed by atoms with Crippen LogP contribution in [0.2, 0.25) is 0 Å². The summed E-state index contributed by atoms with van der Waals surface area (Å²) in [4.78, 5) is 11.3. The van der Waals surface area contributed by atoms with Gasteiger partial charge in [0, 0.05) is 19.1 Å². The maximum Gasteiger partial charge on any atom is 0.246 e. The predicted octanol–water partition coefficient (Wildman–Crippen LogP) is 0.295. The minimum absolute atomic E-state index is 0.0191. The number of hydrogen-bond donors (Lipinski definition) is 2. The highest BCUT2D eigenvalue weighted by Gasteiger charge is 2.28. The topological polar surface area (TPSA) is 59.6 Å². The molecule has 1 saturated heterocycles. The van der Waals surface area contributed by atoms with E-state index in [4.69, 9.17) is 9.47 Å². The molecule has 5 heteroatoms. The Kier molecular flexibility index (Phi) is 5.36. The van der Waals surface area contributed by atoms with Crippen LogP contribution in [0.3, 0.4) is 0 Å². The van der Waals surface area contributed by atoms with E-state index in [0.717, 1.165) is 13.1 Å². The largest absolute Gasteiger partial charge is 0.369 e. The number of hydrogen-bond acceptors (Lipinski definition) is 4. The lowest BCUT2D eigenvalue weighted by Gasteiger charge is -2.36. The highest BCUT2D eigenvalue weighted by Crippen LogP contribution is 2.15. The summed E-state index contributed by atoms with van der Waals surface area (Å²) in [7, 11) is 0. The fourth-order valence-electron chi connectivity index (χ4n) is 1.81. The Hall–Kier alpha value is -0.650. The number of morpholine rings is 1. The third kappa shape index (κ3) is 6.00. The fourth-order valence-corrected chi connectivity index (χ4v) is 1.81. The first kappa shape index (κ1) is 14.4. The zero-order valence-corrected chi connectivity index (χ0v) is 11.2. The average Bonchev–Trinajstić information content (AvgIpc) is 2.14. The monoisotopic (exact) mass is 244 g/mol. The van der Waals surface area contributed by atoms with Gasteiger partial charge in [-0.15, -0.1) is 0 Å². The predicted molar refractivity (Wildman–Crippen MR) is 65.9 cm³/mol. The number of rotatable bonds is 5. The number of carbonyl (C=O) groups excluding carboxylic acids is 1. The van der Waals surface area contributed by atoms with E-state index in [1.807, 2.05) is 27.7 Å². The highest BCUT2D eigenvalue weighted by atomic mass is 16.5. The molecule has 17 heavy (non-hydrogen) atoms. The molecule has 0 spiro atoms. The van der Waals surface area contributed by atoms with E-state index < -0.39 is 0 Å². The molecular weight excluding hydrogens is 220 g/mol. The standard InChI is InChI=1S/C12H24N2O3/c1-9(2)14-11(15)7-16-6-10-5-13-8-12(3,4)17-10/h9-10,13H,5-8H2,1-4H3,(H,14,15). The van der Waals surface area contributed by atoms with Gasteiger partial charge in [-0.3, -0.25) is 4.79 Å². The summed E-state index contributed by atoms with van der Waals surface area (Å²) in [6.45, 7) is 10.1. The van der Waals surface area contributed by atoms with E-state index in [9.17, 15) is 4.79 Å². The number of ether oxygens (including phenoxy) is 2. The zero-order valence-electron chi connectivity index (χ0n) is 11.2.